The van der Waals surface area contributed by atoms with Gasteiger partial charge in [-0.3, -0.25) is 0 Å². The van der Waals surface area contributed by atoms with Crippen molar-refractivity contribution in [1.82, 2.24) is 9.97 Å². The van der Waals surface area contributed by atoms with Crippen LogP contribution in [0.5, 0.6) is 0 Å². The van der Waals surface area contributed by atoms with Gasteiger partial charge < -0.3 is 4.90 Å². The Morgan fingerprint density at radius 1 is 1.29 bits per heavy atom. The molecule has 2 rings (SSSR count). The van der Waals surface area contributed by atoms with E-state index in [4.69, 9.17) is 0 Å². The molecule has 1 aliphatic heterocycles. The van der Waals surface area contributed by atoms with Gasteiger partial charge in [0.15, 0.2) is 0 Å². The second kappa shape index (κ2) is 4.50. The van der Waals surface area contributed by atoms with Crippen LogP contribution in [0.3, 0.4) is 0 Å². The van der Waals surface area contributed by atoms with E-state index in [0.717, 1.165) is 5.69 Å². The number of rotatable bonds is 1. The van der Waals surface area contributed by atoms with Crippen molar-refractivity contribution in [2.75, 3.05) is 18.0 Å². The first-order valence-corrected chi connectivity index (χ1v) is 5.58. The van der Waals surface area contributed by atoms with E-state index in [2.05, 4.69) is 9.97 Å². The van der Waals surface area contributed by atoms with Crippen LogP contribution < -0.4 is 4.90 Å². The molecule has 0 spiro atoms. The van der Waals surface area contributed by atoms with Gasteiger partial charge in [0.2, 0.25) is 5.95 Å². The van der Waals surface area contributed by atoms with Gasteiger partial charge >= 0.3 is 6.18 Å². The van der Waals surface area contributed by atoms with Crippen LogP contribution in [0.2, 0.25) is 0 Å². The van der Waals surface area contributed by atoms with Crippen LogP contribution in [0.15, 0.2) is 12.3 Å². The summed E-state index contributed by atoms with van der Waals surface area (Å²) in [7, 11) is 0. The van der Waals surface area contributed by atoms with Crippen molar-refractivity contribution in [1.29, 1.82) is 0 Å². The van der Waals surface area contributed by atoms with E-state index in [9.17, 15) is 13.2 Å². The molecule has 1 aromatic rings. The smallest absolute Gasteiger partial charge is 0.341 e. The maximum absolute atomic E-state index is 12.5. The Morgan fingerprint density at radius 2 is 1.94 bits per heavy atom. The lowest BCUT2D eigenvalue weighted by Crippen LogP contribution is -2.39. The molecule has 1 fully saturated rings. The van der Waals surface area contributed by atoms with E-state index in [1.807, 2.05) is 11.8 Å². The Morgan fingerprint density at radius 3 is 2.47 bits per heavy atom. The molecule has 1 aliphatic rings. The number of anilines is 1. The van der Waals surface area contributed by atoms with Gasteiger partial charge in [0.25, 0.3) is 0 Å². The molecule has 0 aromatic carbocycles. The Balaban J connectivity index is 2.00. The minimum absolute atomic E-state index is 0.126. The van der Waals surface area contributed by atoms with Crippen molar-refractivity contribution in [3.8, 4) is 0 Å². The van der Waals surface area contributed by atoms with Gasteiger partial charge in [-0.1, -0.05) is 0 Å². The highest BCUT2D eigenvalue weighted by Crippen LogP contribution is 2.34. The summed E-state index contributed by atoms with van der Waals surface area (Å²) in [6.07, 6.45) is -2.19. The molecule has 17 heavy (non-hydrogen) atoms. The third-order valence-corrected chi connectivity index (χ3v) is 3.02. The van der Waals surface area contributed by atoms with Crippen LogP contribution >= 0.6 is 0 Å². The fraction of sp³-hybridized carbons (Fsp3) is 0.636. The highest BCUT2D eigenvalue weighted by molar-refractivity contribution is 5.30. The third-order valence-electron chi connectivity index (χ3n) is 3.02. The largest absolute Gasteiger partial charge is 0.391 e. The van der Waals surface area contributed by atoms with Gasteiger partial charge in [0, 0.05) is 25.0 Å². The first kappa shape index (κ1) is 12.1. The average Bonchev–Trinajstić information content (AvgIpc) is 2.28. The van der Waals surface area contributed by atoms with Crippen molar-refractivity contribution in [3.63, 3.8) is 0 Å². The van der Waals surface area contributed by atoms with E-state index >= 15 is 0 Å². The van der Waals surface area contributed by atoms with Gasteiger partial charge in [-0.25, -0.2) is 9.97 Å². The van der Waals surface area contributed by atoms with Crippen LogP contribution in [-0.4, -0.2) is 29.2 Å². The van der Waals surface area contributed by atoms with Gasteiger partial charge in [0.05, 0.1) is 5.92 Å². The lowest BCUT2D eigenvalue weighted by molar-refractivity contribution is -0.179. The van der Waals surface area contributed by atoms with E-state index in [1.165, 1.54) is 0 Å². The van der Waals surface area contributed by atoms with E-state index < -0.39 is 12.1 Å². The molecular weight excluding hydrogens is 231 g/mol. The average molecular weight is 245 g/mol. The standard InChI is InChI=1S/C11H14F3N3/c1-8-2-5-15-10(16-8)17-6-3-9(4-7-17)11(12,13)14/h2,5,9H,3-4,6-7H2,1H3. The number of piperidine rings is 1. The van der Waals surface area contributed by atoms with Crippen molar-refractivity contribution in [2.24, 2.45) is 5.92 Å². The molecule has 0 aliphatic carbocycles. The molecule has 3 nitrogen and oxygen atoms in total. The molecule has 0 bridgehead atoms. The summed E-state index contributed by atoms with van der Waals surface area (Å²) in [6, 6.07) is 1.77. The zero-order valence-corrected chi connectivity index (χ0v) is 9.54. The summed E-state index contributed by atoms with van der Waals surface area (Å²) < 4.78 is 37.5. The Kier molecular flexibility index (Phi) is 3.22. The molecule has 0 unspecified atom stereocenters. The first-order chi connectivity index (χ1) is 7.97. The summed E-state index contributed by atoms with van der Waals surface area (Å²) in [5, 5.41) is 0. The van der Waals surface area contributed by atoms with Crippen molar-refractivity contribution >= 4 is 5.95 Å². The van der Waals surface area contributed by atoms with Crippen LogP contribution in [-0.2, 0) is 0 Å². The zero-order chi connectivity index (χ0) is 12.5. The maximum atomic E-state index is 12.5. The van der Waals surface area contributed by atoms with Crippen LogP contribution in [0.25, 0.3) is 0 Å². The predicted molar refractivity (Wildman–Crippen MR) is 57.8 cm³/mol. The van der Waals surface area contributed by atoms with Crippen LogP contribution in [0.4, 0.5) is 19.1 Å². The van der Waals surface area contributed by atoms with Crippen LogP contribution in [0.1, 0.15) is 18.5 Å². The molecule has 1 saturated heterocycles. The molecule has 2 heterocycles. The minimum atomic E-state index is -4.07. The number of aromatic nitrogens is 2. The van der Waals surface area contributed by atoms with E-state index in [0.29, 0.717) is 19.0 Å². The fourth-order valence-electron chi connectivity index (χ4n) is 1.99. The van der Waals surface area contributed by atoms with Gasteiger partial charge in [-0.15, -0.1) is 0 Å². The molecule has 1 aromatic heterocycles. The van der Waals surface area contributed by atoms with E-state index in [-0.39, 0.29) is 12.8 Å². The first-order valence-electron chi connectivity index (χ1n) is 5.58. The molecular formula is C11H14F3N3. The molecule has 0 atom stereocenters. The van der Waals surface area contributed by atoms with E-state index in [1.54, 1.807) is 12.3 Å². The highest BCUT2D eigenvalue weighted by Gasteiger charge is 2.41. The maximum Gasteiger partial charge on any atom is 0.391 e. The zero-order valence-electron chi connectivity index (χ0n) is 9.54. The predicted octanol–water partition coefficient (Wildman–Crippen LogP) is 2.56. The Labute approximate surface area is 97.7 Å². The third kappa shape index (κ3) is 2.87. The topological polar surface area (TPSA) is 29.0 Å². The number of aryl methyl sites for hydroxylation is 1. The molecule has 0 saturated carbocycles. The number of alkyl halides is 3. The number of hydrogen-bond donors (Lipinski definition) is 0. The Hall–Kier alpha value is -1.33. The molecule has 0 N–H and O–H groups in total. The molecule has 0 amide bonds. The SMILES string of the molecule is Cc1ccnc(N2CCC(C(F)(F)F)CC2)n1. The summed E-state index contributed by atoms with van der Waals surface area (Å²) in [4.78, 5) is 10.1. The van der Waals surface area contributed by atoms with Gasteiger partial charge in [-0.2, -0.15) is 13.2 Å². The van der Waals surface area contributed by atoms with Crippen molar-refractivity contribution < 1.29 is 13.2 Å². The second-order valence-corrected chi connectivity index (χ2v) is 4.30. The summed E-state index contributed by atoms with van der Waals surface area (Å²) in [6.45, 7) is 2.58. The van der Waals surface area contributed by atoms with Crippen molar-refractivity contribution in [3.05, 3.63) is 18.0 Å². The monoisotopic (exact) mass is 245 g/mol. The lowest BCUT2D eigenvalue weighted by Gasteiger charge is -2.32. The summed E-state index contributed by atoms with van der Waals surface area (Å²) in [5.41, 5.74) is 0.827. The molecule has 6 heteroatoms. The second-order valence-electron chi connectivity index (χ2n) is 4.30. The normalized spacial score (nSPS) is 18.5. The summed E-state index contributed by atoms with van der Waals surface area (Å²) >= 11 is 0. The summed E-state index contributed by atoms with van der Waals surface area (Å²) in [5.74, 6) is -0.644. The molecule has 94 valence electrons. The minimum Gasteiger partial charge on any atom is -0.341 e. The van der Waals surface area contributed by atoms with Crippen molar-refractivity contribution in [2.45, 2.75) is 25.9 Å². The van der Waals surface area contributed by atoms with Gasteiger partial charge in [-0.05, 0) is 25.8 Å². The lowest BCUT2D eigenvalue weighted by atomic mass is 9.96. The van der Waals surface area contributed by atoms with Crippen LogP contribution in [0, 0.1) is 12.8 Å². The number of halogens is 3. The molecule has 0 radical (unpaired) electrons. The number of hydrogen-bond acceptors (Lipinski definition) is 3. The van der Waals surface area contributed by atoms with Gasteiger partial charge in [0.1, 0.15) is 0 Å². The highest BCUT2D eigenvalue weighted by atomic mass is 19.4. The number of nitrogens with zero attached hydrogens (tertiary/aromatic N) is 3. The Bertz CT molecular complexity index is 384. The fourth-order valence-corrected chi connectivity index (χ4v) is 1.99. The quantitative estimate of drug-likeness (QED) is 0.761.